The molecular weight excluding hydrogens is 246 g/mol. The van der Waals surface area contributed by atoms with Crippen molar-refractivity contribution in [2.45, 2.75) is 45.7 Å². The molecule has 108 valence electrons. The lowest BCUT2D eigenvalue weighted by Gasteiger charge is -2.16. The minimum absolute atomic E-state index is 0.476. The Morgan fingerprint density at radius 1 is 1.25 bits per heavy atom. The molecule has 3 nitrogen and oxygen atoms in total. The Morgan fingerprint density at radius 2 is 2.00 bits per heavy atom. The van der Waals surface area contributed by atoms with Crippen LogP contribution in [0.3, 0.4) is 0 Å². The number of imidazole rings is 1. The molecule has 0 spiro atoms. The standard InChI is InChI=1S/C17H25N3/c1-4-20-12-11-19-17(20)13-16(18-3)10-9-15-7-5-14(2)6-8-15/h5-8,11-12,16,18H,4,9-10,13H2,1-3H3. The Bertz CT molecular complexity index is 513. The van der Waals surface area contributed by atoms with Crippen LogP contribution in [0.2, 0.25) is 0 Å². The largest absolute Gasteiger partial charge is 0.335 e. The van der Waals surface area contributed by atoms with E-state index in [1.54, 1.807) is 0 Å². The van der Waals surface area contributed by atoms with Gasteiger partial charge < -0.3 is 9.88 Å². The Hall–Kier alpha value is -1.61. The van der Waals surface area contributed by atoms with E-state index in [1.165, 1.54) is 17.0 Å². The topological polar surface area (TPSA) is 29.9 Å². The monoisotopic (exact) mass is 271 g/mol. The summed E-state index contributed by atoms with van der Waals surface area (Å²) in [7, 11) is 2.04. The summed E-state index contributed by atoms with van der Waals surface area (Å²) in [4.78, 5) is 4.46. The second-order valence-corrected chi connectivity index (χ2v) is 5.34. The van der Waals surface area contributed by atoms with Crippen LogP contribution in [0.5, 0.6) is 0 Å². The van der Waals surface area contributed by atoms with E-state index in [4.69, 9.17) is 0 Å². The minimum Gasteiger partial charge on any atom is -0.335 e. The molecule has 0 aliphatic rings. The zero-order valence-corrected chi connectivity index (χ0v) is 12.8. The zero-order chi connectivity index (χ0) is 14.4. The number of benzene rings is 1. The average Bonchev–Trinajstić information content (AvgIpc) is 2.92. The van der Waals surface area contributed by atoms with E-state index in [0.29, 0.717) is 6.04 Å². The molecule has 1 aromatic heterocycles. The molecule has 1 N–H and O–H groups in total. The van der Waals surface area contributed by atoms with E-state index in [1.807, 2.05) is 13.2 Å². The summed E-state index contributed by atoms with van der Waals surface area (Å²) >= 11 is 0. The Kier molecular flexibility index (Phi) is 5.36. The molecule has 1 heterocycles. The summed E-state index contributed by atoms with van der Waals surface area (Å²) in [6.07, 6.45) is 7.19. The number of aryl methyl sites for hydroxylation is 3. The molecule has 1 unspecified atom stereocenters. The molecule has 0 saturated heterocycles. The average molecular weight is 271 g/mol. The lowest BCUT2D eigenvalue weighted by molar-refractivity contribution is 0.497. The van der Waals surface area contributed by atoms with Gasteiger partial charge in [0, 0.05) is 31.4 Å². The van der Waals surface area contributed by atoms with Crippen molar-refractivity contribution < 1.29 is 0 Å². The first-order valence-corrected chi connectivity index (χ1v) is 7.45. The van der Waals surface area contributed by atoms with E-state index in [0.717, 1.165) is 25.8 Å². The van der Waals surface area contributed by atoms with Gasteiger partial charge in [0.25, 0.3) is 0 Å². The first kappa shape index (κ1) is 14.8. The SMILES string of the molecule is CCn1ccnc1CC(CCc1ccc(C)cc1)NC. The van der Waals surface area contributed by atoms with Crippen molar-refractivity contribution in [2.24, 2.45) is 0 Å². The number of likely N-dealkylation sites (N-methyl/N-ethyl adjacent to an activating group) is 1. The highest BCUT2D eigenvalue weighted by atomic mass is 15.1. The van der Waals surface area contributed by atoms with Gasteiger partial charge in [0.15, 0.2) is 0 Å². The van der Waals surface area contributed by atoms with Gasteiger partial charge in [-0.3, -0.25) is 0 Å². The third-order valence-electron chi connectivity index (χ3n) is 3.88. The second-order valence-electron chi connectivity index (χ2n) is 5.34. The zero-order valence-electron chi connectivity index (χ0n) is 12.8. The van der Waals surface area contributed by atoms with Crippen molar-refractivity contribution in [3.63, 3.8) is 0 Å². The number of rotatable bonds is 7. The molecule has 3 heteroatoms. The van der Waals surface area contributed by atoms with E-state index in [-0.39, 0.29) is 0 Å². The predicted molar refractivity (Wildman–Crippen MR) is 84.0 cm³/mol. The van der Waals surface area contributed by atoms with Crippen molar-refractivity contribution in [1.29, 1.82) is 0 Å². The Labute approximate surface area is 122 Å². The third-order valence-corrected chi connectivity index (χ3v) is 3.88. The smallest absolute Gasteiger partial charge is 0.110 e. The van der Waals surface area contributed by atoms with E-state index in [9.17, 15) is 0 Å². The molecule has 0 fully saturated rings. The molecule has 0 aliphatic heterocycles. The van der Waals surface area contributed by atoms with Gasteiger partial charge in [0.1, 0.15) is 5.82 Å². The summed E-state index contributed by atoms with van der Waals surface area (Å²) in [5.41, 5.74) is 2.73. The van der Waals surface area contributed by atoms with Crippen LogP contribution < -0.4 is 5.32 Å². The summed E-state index contributed by atoms with van der Waals surface area (Å²) in [6.45, 7) is 5.28. The highest BCUT2D eigenvalue weighted by molar-refractivity contribution is 5.21. The third kappa shape index (κ3) is 3.94. The highest BCUT2D eigenvalue weighted by Crippen LogP contribution is 2.10. The molecule has 0 amide bonds. The summed E-state index contributed by atoms with van der Waals surface area (Å²) < 4.78 is 2.22. The van der Waals surface area contributed by atoms with Crippen LogP contribution in [-0.4, -0.2) is 22.6 Å². The fourth-order valence-corrected chi connectivity index (χ4v) is 2.48. The Balaban J connectivity index is 1.90. The molecule has 2 aromatic rings. The molecule has 1 aromatic carbocycles. The molecule has 20 heavy (non-hydrogen) atoms. The number of nitrogens with zero attached hydrogens (tertiary/aromatic N) is 2. The van der Waals surface area contributed by atoms with E-state index < -0.39 is 0 Å². The van der Waals surface area contributed by atoms with Crippen molar-refractivity contribution in [3.05, 3.63) is 53.6 Å². The lowest BCUT2D eigenvalue weighted by atomic mass is 10.0. The first-order chi connectivity index (χ1) is 9.72. The lowest BCUT2D eigenvalue weighted by Crippen LogP contribution is -2.29. The van der Waals surface area contributed by atoms with Gasteiger partial charge >= 0.3 is 0 Å². The van der Waals surface area contributed by atoms with Crippen LogP contribution in [-0.2, 0) is 19.4 Å². The number of aromatic nitrogens is 2. The van der Waals surface area contributed by atoms with Crippen LogP contribution in [0.4, 0.5) is 0 Å². The number of hydrogen-bond acceptors (Lipinski definition) is 2. The van der Waals surface area contributed by atoms with Crippen molar-refractivity contribution in [3.8, 4) is 0 Å². The summed E-state index contributed by atoms with van der Waals surface area (Å²) in [6, 6.07) is 9.31. The molecule has 0 saturated carbocycles. The maximum Gasteiger partial charge on any atom is 0.110 e. The van der Waals surface area contributed by atoms with Crippen LogP contribution in [0.25, 0.3) is 0 Å². The van der Waals surface area contributed by atoms with E-state index in [2.05, 4.69) is 59.2 Å². The van der Waals surface area contributed by atoms with Crippen LogP contribution in [0.15, 0.2) is 36.7 Å². The van der Waals surface area contributed by atoms with Gasteiger partial charge in [-0.25, -0.2) is 4.98 Å². The molecular formula is C17H25N3. The van der Waals surface area contributed by atoms with Gasteiger partial charge in [0.2, 0.25) is 0 Å². The van der Waals surface area contributed by atoms with Crippen LogP contribution in [0, 0.1) is 6.92 Å². The predicted octanol–water partition coefficient (Wildman–Crippen LogP) is 2.97. The fraction of sp³-hybridized carbons (Fsp3) is 0.471. The Morgan fingerprint density at radius 3 is 2.65 bits per heavy atom. The maximum absolute atomic E-state index is 4.46. The number of hydrogen-bond donors (Lipinski definition) is 1. The van der Waals surface area contributed by atoms with Crippen molar-refractivity contribution in [1.82, 2.24) is 14.9 Å². The highest BCUT2D eigenvalue weighted by Gasteiger charge is 2.11. The quantitative estimate of drug-likeness (QED) is 0.839. The fourth-order valence-electron chi connectivity index (χ4n) is 2.48. The van der Waals surface area contributed by atoms with Crippen LogP contribution in [0.1, 0.15) is 30.3 Å². The minimum atomic E-state index is 0.476. The van der Waals surface area contributed by atoms with Gasteiger partial charge in [-0.1, -0.05) is 29.8 Å². The maximum atomic E-state index is 4.46. The second kappa shape index (κ2) is 7.25. The van der Waals surface area contributed by atoms with Crippen LogP contribution >= 0.6 is 0 Å². The first-order valence-electron chi connectivity index (χ1n) is 7.45. The van der Waals surface area contributed by atoms with Crippen molar-refractivity contribution >= 4 is 0 Å². The molecule has 0 aliphatic carbocycles. The molecule has 0 radical (unpaired) electrons. The summed E-state index contributed by atoms with van der Waals surface area (Å²) in [5.74, 6) is 1.18. The van der Waals surface area contributed by atoms with Gasteiger partial charge in [0.05, 0.1) is 0 Å². The molecule has 0 bridgehead atoms. The number of nitrogens with one attached hydrogen (secondary N) is 1. The molecule has 1 atom stereocenters. The summed E-state index contributed by atoms with van der Waals surface area (Å²) in [5, 5.41) is 3.42. The van der Waals surface area contributed by atoms with Gasteiger partial charge in [-0.15, -0.1) is 0 Å². The normalized spacial score (nSPS) is 12.6. The van der Waals surface area contributed by atoms with Crippen molar-refractivity contribution in [2.75, 3.05) is 7.05 Å². The molecule has 2 rings (SSSR count). The van der Waals surface area contributed by atoms with E-state index >= 15 is 0 Å². The van der Waals surface area contributed by atoms with Gasteiger partial charge in [-0.2, -0.15) is 0 Å². The van der Waals surface area contributed by atoms with Gasteiger partial charge in [-0.05, 0) is 39.3 Å².